The first-order valence-corrected chi connectivity index (χ1v) is 14.2. The summed E-state index contributed by atoms with van der Waals surface area (Å²) in [4.78, 5) is 41.4. The Bertz CT molecular complexity index is 1380. The zero-order valence-electron chi connectivity index (χ0n) is 22.0. The third kappa shape index (κ3) is 7.82. The van der Waals surface area contributed by atoms with E-state index in [4.69, 9.17) is 16.3 Å². The first kappa shape index (κ1) is 29.6. The standard InChI is InChI=1S/C30H30BrClFN3O4/c1-35(19-22-9-10-23(31)17-27(22)40-25-7-4-6-24(32)18-25)29(38)30(39)36-15-12-21(13-16-36)28(37)34-14-11-20-5-2-3-8-26(20)33/h2-10,17-18,21H,11-16,19H2,1H3,(H,34,37). The van der Waals surface area contributed by atoms with Gasteiger partial charge in [-0.05, 0) is 61.2 Å². The molecule has 0 bridgehead atoms. The highest BCUT2D eigenvalue weighted by molar-refractivity contribution is 9.10. The minimum Gasteiger partial charge on any atom is -0.457 e. The molecule has 1 saturated heterocycles. The van der Waals surface area contributed by atoms with E-state index in [2.05, 4.69) is 21.2 Å². The number of amides is 3. The van der Waals surface area contributed by atoms with Crippen molar-refractivity contribution in [3.05, 3.63) is 93.2 Å². The van der Waals surface area contributed by atoms with E-state index in [1.165, 1.54) is 15.9 Å². The van der Waals surface area contributed by atoms with Crippen LogP contribution in [0.3, 0.4) is 0 Å². The van der Waals surface area contributed by atoms with Gasteiger partial charge in [0.25, 0.3) is 0 Å². The lowest BCUT2D eigenvalue weighted by Crippen LogP contribution is -2.48. The summed E-state index contributed by atoms with van der Waals surface area (Å²) in [5, 5.41) is 3.40. The highest BCUT2D eigenvalue weighted by atomic mass is 79.9. The van der Waals surface area contributed by atoms with Crippen molar-refractivity contribution in [2.75, 3.05) is 26.7 Å². The summed E-state index contributed by atoms with van der Waals surface area (Å²) in [7, 11) is 1.57. The molecule has 7 nitrogen and oxygen atoms in total. The Labute approximate surface area is 246 Å². The lowest BCUT2D eigenvalue weighted by atomic mass is 9.95. The second-order valence-corrected chi connectivity index (χ2v) is 11.0. The van der Waals surface area contributed by atoms with E-state index in [-0.39, 0.29) is 24.2 Å². The number of carbonyl (C=O) groups excluding carboxylic acids is 3. The summed E-state index contributed by atoms with van der Waals surface area (Å²) in [5.41, 5.74) is 1.27. The molecule has 0 atom stereocenters. The first-order valence-electron chi connectivity index (χ1n) is 13.0. The van der Waals surface area contributed by atoms with Crippen LogP contribution in [0.15, 0.2) is 71.2 Å². The maximum atomic E-state index is 13.8. The number of piperidine rings is 1. The Morgan fingerprint density at radius 3 is 2.52 bits per heavy atom. The summed E-state index contributed by atoms with van der Waals surface area (Å²) >= 11 is 9.52. The Balaban J connectivity index is 1.28. The molecule has 4 rings (SSSR count). The topological polar surface area (TPSA) is 79.0 Å². The van der Waals surface area contributed by atoms with Crippen LogP contribution in [0.4, 0.5) is 4.39 Å². The third-order valence-corrected chi connectivity index (χ3v) is 7.52. The van der Waals surface area contributed by atoms with Crippen LogP contribution in [0.1, 0.15) is 24.0 Å². The molecule has 1 aliphatic rings. The summed E-state index contributed by atoms with van der Waals surface area (Å²) in [6.45, 7) is 1.12. The van der Waals surface area contributed by atoms with Crippen molar-refractivity contribution in [1.82, 2.24) is 15.1 Å². The minimum absolute atomic E-state index is 0.116. The fraction of sp³-hybridized carbons (Fsp3) is 0.300. The molecule has 3 aromatic rings. The van der Waals surface area contributed by atoms with Gasteiger partial charge in [-0.25, -0.2) is 4.39 Å². The van der Waals surface area contributed by atoms with Crippen LogP contribution in [0.25, 0.3) is 0 Å². The van der Waals surface area contributed by atoms with Crippen molar-refractivity contribution in [3.63, 3.8) is 0 Å². The number of hydrogen-bond acceptors (Lipinski definition) is 4. The van der Waals surface area contributed by atoms with Crippen LogP contribution in [0.5, 0.6) is 11.5 Å². The van der Waals surface area contributed by atoms with Gasteiger partial charge in [0.1, 0.15) is 17.3 Å². The third-order valence-electron chi connectivity index (χ3n) is 6.79. The van der Waals surface area contributed by atoms with Crippen LogP contribution >= 0.6 is 27.5 Å². The maximum Gasteiger partial charge on any atom is 0.312 e. The van der Waals surface area contributed by atoms with Crippen molar-refractivity contribution in [1.29, 1.82) is 0 Å². The van der Waals surface area contributed by atoms with Gasteiger partial charge >= 0.3 is 11.8 Å². The van der Waals surface area contributed by atoms with Gasteiger partial charge in [-0.15, -0.1) is 0 Å². The average Bonchev–Trinajstić information content (AvgIpc) is 2.94. The molecule has 210 valence electrons. The smallest absolute Gasteiger partial charge is 0.312 e. The molecule has 0 unspecified atom stereocenters. The molecule has 0 radical (unpaired) electrons. The fourth-order valence-corrected chi connectivity index (χ4v) is 5.07. The Morgan fingerprint density at radius 2 is 1.80 bits per heavy atom. The number of rotatable bonds is 8. The number of benzene rings is 3. The number of nitrogens with zero attached hydrogens (tertiary/aromatic N) is 2. The van der Waals surface area contributed by atoms with Gasteiger partial charge in [-0.1, -0.05) is 57.9 Å². The normalized spacial score (nSPS) is 13.6. The van der Waals surface area contributed by atoms with Crippen LogP contribution in [0, 0.1) is 11.7 Å². The van der Waals surface area contributed by atoms with E-state index < -0.39 is 11.8 Å². The molecule has 1 heterocycles. The van der Waals surface area contributed by atoms with Gasteiger partial charge in [-0.3, -0.25) is 14.4 Å². The molecule has 3 aromatic carbocycles. The van der Waals surface area contributed by atoms with E-state index in [0.29, 0.717) is 61.0 Å². The predicted octanol–water partition coefficient (Wildman–Crippen LogP) is 5.59. The monoisotopic (exact) mass is 629 g/mol. The predicted molar refractivity (Wildman–Crippen MR) is 155 cm³/mol. The molecule has 1 fully saturated rings. The molecule has 0 spiro atoms. The SMILES string of the molecule is CN(Cc1ccc(Br)cc1Oc1cccc(Cl)c1)C(=O)C(=O)N1CCC(C(=O)NCCc2ccccc2F)CC1. The van der Waals surface area contributed by atoms with E-state index in [1.54, 1.807) is 55.6 Å². The van der Waals surface area contributed by atoms with Gasteiger partial charge in [0, 0.05) is 54.2 Å². The van der Waals surface area contributed by atoms with E-state index in [9.17, 15) is 18.8 Å². The second-order valence-electron chi connectivity index (χ2n) is 9.67. The van der Waals surface area contributed by atoms with Gasteiger partial charge in [-0.2, -0.15) is 0 Å². The summed E-state index contributed by atoms with van der Waals surface area (Å²) in [5.74, 6) is -0.814. The van der Waals surface area contributed by atoms with Crippen molar-refractivity contribution in [2.45, 2.75) is 25.8 Å². The lowest BCUT2D eigenvalue weighted by Gasteiger charge is -2.32. The zero-order valence-corrected chi connectivity index (χ0v) is 24.4. The molecule has 10 heteroatoms. The minimum atomic E-state index is -0.635. The molecule has 1 aliphatic heterocycles. The van der Waals surface area contributed by atoms with Crippen molar-refractivity contribution < 1.29 is 23.5 Å². The Hall–Kier alpha value is -3.43. The van der Waals surface area contributed by atoms with Crippen molar-refractivity contribution in [2.24, 2.45) is 5.92 Å². The summed E-state index contributed by atoms with van der Waals surface area (Å²) in [6.07, 6.45) is 1.32. The van der Waals surface area contributed by atoms with Gasteiger partial charge in [0.05, 0.1) is 0 Å². The largest absolute Gasteiger partial charge is 0.457 e. The fourth-order valence-electron chi connectivity index (χ4n) is 4.55. The van der Waals surface area contributed by atoms with Crippen LogP contribution in [-0.4, -0.2) is 54.2 Å². The number of likely N-dealkylation sites (tertiary alicyclic amines) is 1. The van der Waals surface area contributed by atoms with E-state index >= 15 is 0 Å². The molecule has 0 aliphatic carbocycles. The average molecular weight is 631 g/mol. The number of carbonyl (C=O) groups is 3. The molecule has 1 N–H and O–H groups in total. The van der Waals surface area contributed by atoms with E-state index in [1.807, 2.05) is 12.1 Å². The zero-order chi connectivity index (χ0) is 28.6. The Morgan fingerprint density at radius 1 is 1.05 bits per heavy atom. The highest BCUT2D eigenvalue weighted by Gasteiger charge is 2.31. The van der Waals surface area contributed by atoms with E-state index in [0.717, 1.165) is 10.0 Å². The van der Waals surface area contributed by atoms with Crippen molar-refractivity contribution in [3.8, 4) is 11.5 Å². The van der Waals surface area contributed by atoms with Crippen molar-refractivity contribution >= 4 is 45.3 Å². The summed E-state index contributed by atoms with van der Waals surface area (Å²) in [6, 6.07) is 18.9. The maximum absolute atomic E-state index is 13.8. The number of hydrogen-bond donors (Lipinski definition) is 1. The molecule has 0 aromatic heterocycles. The van der Waals surface area contributed by atoms with Gasteiger partial charge in [0.2, 0.25) is 5.91 Å². The number of likely N-dealkylation sites (N-methyl/N-ethyl adjacent to an activating group) is 1. The molecule has 0 saturated carbocycles. The summed E-state index contributed by atoms with van der Waals surface area (Å²) < 4.78 is 20.6. The highest BCUT2D eigenvalue weighted by Crippen LogP contribution is 2.31. The molecule has 40 heavy (non-hydrogen) atoms. The second kappa shape index (κ2) is 13.8. The van der Waals surface area contributed by atoms with Crippen LogP contribution in [0.2, 0.25) is 5.02 Å². The van der Waals surface area contributed by atoms with Crippen LogP contribution in [-0.2, 0) is 27.3 Å². The number of nitrogens with one attached hydrogen (secondary N) is 1. The lowest BCUT2D eigenvalue weighted by molar-refractivity contribution is -0.152. The Kier molecular flexibility index (Phi) is 10.2. The quantitative estimate of drug-likeness (QED) is 0.329. The number of halogens is 3. The molecule has 3 amide bonds. The molecular formula is C30H30BrClFN3O4. The number of ether oxygens (including phenoxy) is 1. The first-order chi connectivity index (χ1) is 19.2. The van der Waals surface area contributed by atoms with Gasteiger partial charge < -0.3 is 19.9 Å². The van der Waals surface area contributed by atoms with Crippen LogP contribution < -0.4 is 10.1 Å². The van der Waals surface area contributed by atoms with Gasteiger partial charge in [0.15, 0.2) is 0 Å². The molecular weight excluding hydrogens is 601 g/mol.